The van der Waals surface area contributed by atoms with Crippen molar-refractivity contribution < 1.29 is 21.6 Å². The number of nitrogens with one attached hydrogen (secondary N) is 2. The lowest BCUT2D eigenvalue weighted by Crippen LogP contribution is -2.39. The smallest absolute Gasteiger partial charge is 0.243 e. The van der Waals surface area contributed by atoms with Crippen LogP contribution in [0, 0.1) is 20.8 Å². The Morgan fingerprint density at radius 3 is 2.19 bits per heavy atom. The normalized spacial score (nSPS) is 12.0. The molecule has 0 aromatic heterocycles. The van der Waals surface area contributed by atoms with Crippen LogP contribution in [-0.2, 0) is 31.3 Å². The maximum Gasteiger partial charge on any atom is 0.243 e. The molecule has 1 amide bonds. The van der Waals surface area contributed by atoms with Crippen LogP contribution in [0.2, 0.25) is 0 Å². The maximum atomic E-state index is 13.7. The summed E-state index contributed by atoms with van der Waals surface area (Å²) >= 11 is 0. The van der Waals surface area contributed by atoms with Crippen LogP contribution in [0.25, 0.3) is 0 Å². The van der Waals surface area contributed by atoms with Crippen molar-refractivity contribution in [2.75, 3.05) is 25.5 Å². The summed E-state index contributed by atoms with van der Waals surface area (Å²) in [6.45, 7) is 4.93. The van der Waals surface area contributed by atoms with Crippen molar-refractivity contribution in [1.82, 2.24) is 9.03 Å². The molecule has 36 heavy (non-hydrogen) atoms. The molecule has 0 aliphatic carbocycles. The lowest BCUT2D eigenvalue weighted by Gasteiger charge is -2.23. The van der Waals surface area contributed by atoms with E-state index in [-0.39, 0.29) is 16.3 Å². The predicted octanol–water partition coefficient (Wildman–Crippen LogP) is 3.39. The number of aryl methyl sites for hydroxylation is 3. The van der Waals surface area contributed by atoms with E-state index in [1.54, 1.807) is 32.0 Å². The number of rotatable bonds is 10. The van der Waals surface area contributed by atoms with Gasteiger partial charge in [0.1, 0.15) is 0 Å². The van der Waals surface area contributed by atoms with E-state index in [9.17, 15) is 21.6 Å². The second-order valence-corrected chi connectivity index (χ2v) is 12.4. The fourth-order valence-electron chi connectivity index (χ4n) is 3.68. The first kappa shape index (κ1) is 27.5. The third-order valence-corrected chi connectivity index (χ3v) is 9.24. The van der Waals surface area contributed by atoms with Gasteiger partial charge in [0.15, 0.2) is 0 Å². The Labute approximate surface area is 213 Å². The second-order valence-electron chi connectivity index (χ2n) is 8.58. The second kappa shape index (κ2) is 11.3. The highest BCUT2D eigenvalue weighted by Gasteiger charge is 2.28. The molecular formula is C26H31N3O5S2. The fourth-order valence-corrected chi connectivity index (χ4v) is 6.14. The summed E-state index contributed by atoms with van der Waals surface area (Å²) in [6, 6.07) is 19.0. The molecule has 10 heteroatoms. The number of anilines is 1. The fraction of sp³-hybridized carbons (Fsp3) is 0.269. The van der Waals surface area contributed by atoms with Crippen LogP contribution >= 0.6 is 0 Å². The molecule has 3 aromatic carbocycles. The van der Waals surface area contributed by atoms with Crippen LogP contribution in [0.3, 0.4) is 0 Å². The highest BCUT2D eigenvalue weighted by molar-refractivity contribution is 7.89. The molecule has 0 unspecified atom stereocenters. The third kappa shape index (κ3) is 6.58. The van der Waals surface area contributed by atoms with E-state index in [0.29, 0.717) is 23.2 Å². The van der Waals surface area contributed by atoms with E-state index in [0.717, 1.165) is 11.1 Å². The quantitative estimate of drug-likeness (QED) is 0.418. The van der Waals surface area contributed by atoms with Crippen LogP contribution in [0.5, 0.6) is 0 Å². The van der Waals surface area contributed by atoms with Crippen molar-refractivity contribution in [2.45, 2.75) is 37.0 Å². The first-order chi connectivity index (χ1) is 16.9. The molecule has 0 saturated heterocycles. The number of carbonyl (C=O) groups is 1. The monoisotopic (exact) mass is 529 g/mol. The molecule has 3 aromatic rings. The van der Waals surface area contributed by atoms with Crippen molar-refractivity contribution >= 4 is 31.6 Å². The Balaban J connectivity index is 1.91. The summed E-state index contributed by atoms with van der Waals surface area (Å²) in [5.41, 5.74) is 3.27. The zero-order chi connectivity index (χ0) is 26.5. The summed E-state index contributed by atoms with van der Waals surface area (Å²) in [5, 5.41) is 2.69. The molecule has 0 aliphatic heterocycles. The lowest BCUT2D eigenvalue weighted by molar-refractivity contribution is -0.116. The zero-order valence-electron chi connectivity index (χ0n) is 20.8. The molecule has 192 valence electrons. The Bertz CT molecular complexity index is 1450. The van der Waals surface area contributed by atoms with Crippen molar-refractivity contribution in [3.8, 4) is 0 Å². The molecule has 0 radical (unpaired) electrons. The minimum Gasteiger partial charge on any atom is -0.325 e. The standard InChI is InChI=1S/C26H31N3O5S2/c1-19-10-11-21(3)25(16-19)36(33,34)29(15-14-22-8-6-5-7-9-22)18-26(30)28-24-17-23(13-12-20(24)2)35(31,32)27-4/h5-13,16-17,27H,14-15,18H2,1-4H3,(H,28,30). The van der Waals surface area contributed by atoms with Crippen molar-refractivity contribution in [2.24, 2.45) is 0 Å². The Morgan fingerprint density at radius 1 is 0.861 bits per heavy atom. The van der Waals surface area contributed by atoms with E-state index in [1.807, 2.05) is 43.3 Å². The largest absolute Gasteiger partial charge is 0.325 e. The molecule has 0 heterocycles. The number of carbonyl (C=O) groups excluding carboxylic acids is 1. The maximum absolute atomic E-state index is 13.7. The summed E-state index contributed by atoms with van der Waals surface area (Å²) in [6.07, 6.45) is 0.424. The zero-order valence-corrected chi connectivity index (χ0v) is 22.4. The molecule has 0 atom stereocenters. The SMILES string of the molecule is CNS(=O)(=O)c1ccc(C)c(NC(=O)CN(CCc2ccccc2)S(=O)(=O)c2cc(C)ccc2C)c1. The first-order valence-corrected chi connectivity index (χ1v) is 14.3. The van der Waals surface area contributed by atoms with Crippen LogP contribution in [0.4, 0.5) is 5.69 Å². The van der Waals surface area contributed by atoms with Crippen molar-refractivity contribution in [1.29, 1.82) is 0 Å². The average molecular weight is 530 g/mol. The minimum absolute atomic E-state index is 0.00478. The van der Waals surface area contributed by atoms with Crippen LogP contribution in [0.15, 0.2) is 76.5 Å². The summed E-state index contributed by atoms with van der Waals surface area (Å²) < 4.78 is 55.1. The van der Waals surface area contributed by atoms with Crippen molar-refractivity contribution in [3.05, 3.63) is 89.0 Å². The van der Waals surface area contributed by atoms with Gasteiger partial charge in [0.2, 0.25) is 26.0 Å². The van der Waals surface area contributed by atoms with Gasteiger partial charge in [-0.05, 0) is 74.7 Å². The molecule has 3 rings (SSSR count). The summed E-state index contributed by atoms with van der Waals surface area (Å²) in [4.78, 5) is 13.2. The van der Waals surface area contributed by atoms with E-state index < -0.39 is 32.5 Å². The molecule has 0 bridgehead atoms. The Hall–Kier alpha value is -3.05. The highest BCUT2D eigenvalue weighted by Crippen LogP contribution is 2.23. The van der Waals surface area contributed by atoms with E-state index in [4.69, 9.17) is 0 Å². The molecule has 0 saturated carbocycles. The summed E-state index contributed by atoms with van der Waals surface area (Å²) in [7, 11) is -6.40. The van der Waals surface area contributed by atoms with Gasteiger partial charge in [0.05, 0.1) is 16.3 Å². The molecule has 0 fully saturated rings. The van der Waals surface area contributed by atoms with Crippen molar-refractivity contribution in [3.63, 3.8) is 0 Å². The van der Waals surface area contributed by atoms with E-state index in [2.05, 4.69) is 10.0 Å². The Kier molecular flexibility index (Phi) is 8.67. The van der Waals surface area contributed by atoms with Gasteiger partial charge in [-0.2, -0.15) is 4.31 Å². The summed E-state index contributed by atoms with van der Waals surface area (Å²) in [5.74, 6) is -0.570. The first-order valence-electron chi connectivity index (χ1n) is 11.4. The third-order valence-electron chi connectivity index (χ3n) is 5.84. The lowest BCUT2D eigenvalue weighted by atomic mass is 10.1. The number of hydrogen-bond donors (Lipinski definition) is 2. The molecule has 0 spiro atoms. The predicted molar refractivity (Wildman–Crippen MR) is 141 cm³/mol. The average Bonchev–Trinajstić information content (AvgIpc) is 2.84. The number of amides is 1. The topological polar surface area (TPSA) is 113 Å². The van der Waals surface area contributed by atoms with Crippen LogP contribution in [-0.4, -0.2) is 47.2 Å². The number of sulfonamides is 2. The number of nitrogens with zero attached hydrogens (tertiary/aromatic N) is 1. The Morgan fingerprint density at radius 2 is 1.53 bits per heavy atom. The van der Waals surface area contributed by atoms with Gasteiger partial charge in [-0.15, -0.1) is 0 Å². The van der Waals surface area contributed by atoms with Gasteiger partial charge < -0.3 is 5.32 Å². The van der Waals surface area contributed by atoms with Gasteiger partial charge in [-0.1, -0.05) is 48.5 Å². The molecular weight excluding hydrogens is 498 g/mol. The van der Waals surface area contributed by atoms with Gasteiger partial charge in [0.25, 0.3) is 0 Å². The number of hydrogen-bond acceptors (Lipinski definition) is 5. The highest BCUT2D eigenvalue weighted by atomic mass is 32.2. The van der Waals surface area contributed by atoms with Gasteiger partial charge >= 0.3 is 0 Å². The van der Waals surface area contributed by atoms with E-state index in [1.165, 1.54) is 23.5 Å². The van der Waals surface area contributed by atoms with Gasteiger partial charge in [-0.3, -0.25) is 4.79 Å². The minimum atomic E-state index is -3.99. The molecule has 0 aliphatic rings. The number of benzene rings is 3. The van der Waals surface area contributed by atoms with Crippen LogP contribution < -0.4 is 10.0 Å². The van der Waals surface area contributed by atoms with Gasteiger partial charge in [-0.25, -0.2) is 21.6 Å². The molecule has 2 N–H and O–H groups in total. The molecule has 8 nitrogen and oxygen atoms in total. The van der Waals surface area contributed by atoms with Crippen LogP contribution in [0.1, 0.15) is 22.3 Å². The van der Waals surface area contributed by atoms with E-state index >= 15 is 0 Å². The van der Waals surface area contributed by atoms with Gasteiger partial charge in [0, 0.05) is 12.2 Å².